The highest BCUT2D eigenvalue weighted by molar-refractivity contribution is 5.99. The van der Waals surface area contributed by atoms with Gasteiger partial charge in [-0.2, -0.15) is 0 Å². The maximum atomic E-state index is 5.67. The molecule has 0 aliphatic carbocycles. The molecule has 0 aromatic heterocycles. The monoisotopic (exact) mass is 169 g/mol. The van der Waals surface area contributed by atoms with Crippen LogP contribution < -0.4 is 11.1 Å². The number of rotatable bonds is 0. The highest BCUT2D eigenvalue weighted by Crippen LogP contribution is 2.09. The van der Waals surface area contributed by atoms with Crippen molar-refractivity contribution >= 4 is 11.9 Å². The average Bonchev–Trinajstić information content (AvgIpc) is 1.96. The number of nitrogens with one attached hydrogen (secondary N) is 1. The van der Waals surface area contributed by atoms with Crippen LogP contribution in [-0.2, 0) is 0 Å². The standard InChI is InChI=1S/C7H15N5/c1-7(2)10-5(8)12(4)6(9-3)11-7/h1-4H3,(H2,8,10)(H,9,11). The average molecular weight is 169 g/mol. The SMILES string of the molecule is CN=C1NC(C)(C)N=C(N)N1C. The lowest BCUT2D eigenvalue weighted by Gasteiger charge is -2.34. The van der Waals surface area contributed by atoms with Gasteiger partial charge in [0.05, 0.1) is 0 Å². The van der Waals surface area contributed by atoms with Crippen LogP contribution in [0.25, 0.3) is 0 Å². The van der Waals surface area contributed by atoms with Gasteiger partial charge in [0.15, 0.2) is 5.96 Å². The summed E-state index contributed by atoms with van der Waals surface area (Å²) in [5, 5.41) is 3.13. The summed E-state index contributed by atoms with van der Waals surface area (Å²) in [7, 11) is 3.54. The van der Waals surface area contributed by atoms with Gasteiger partial charge in [-0.1, -0.05) is 0 Å². The van der Waals surface area contributed by atoms with Gasteiger partial charge < -0.3 is 11.1 Å². The second kappa shape index (κ2) is 2.66. The molecule has 0 fully saturated rings. The van der Waals surface area contributed by atoms with Crippen LogP contribution in [0.5, 0.6) is 0 Å². The minimum absolute atomic E-state index is 0.356. The first kappa shape index (κ1) is 8.83. The molecule has 5 heteroatoms. The Labute approximate surface area is 72.4 Å². The smallest absolute Gasteiger partial charge is 0.202 e. The fraction of sp³-hybridized carbons (Fsp3) is 0.714. The van der Waals surface area contributed by atoms with E-state index in [2.05, 4.69) is 15.3 Å². The lowest BCUT2D eigenvalue weighted by Crippen LogP contribution is -2.58. The Morgan fingerprint density at radius 2 is 2.17 bits per heavy atom. The van der Waals surface area contributed by atoms with Crippen molar-refractivity contribution < 1.29 is 0 Å². The van der Waals surface area contributed by atoms with Crippen LogP contribution in [0.15, 0.2) is 9.98 Å². The normalized spacial score (nSPS) is 25.2. The molecule has 1 rings (SSSR count). The zero-order valence-corrected chi connectivity index (χ0v) is 7.92. The van der Waals surface area contributed by atoms with Gasteiger partial charge in [0.2, 0.25) is 5.96 Å². The molecule has 1 aliphatic rings. The van der Waals surface area contributed by atoms with E-state index in [0.29, 0.717) is 5.96 Å². The molecule has 5 nitrogen and oxygen atoms in total. The van der Waals surface area contributed by atoms with Gasteiger partial charge in [-0.15, -0.1) is 0 Å². The molecular formula is C7H15N5. The van der Waals surface area contributed by atoms with E-state index in [1.807, 2.05) is 20.9 Å². The van der Waals surface area contributed by atoms with E-state index in [0.717, 1.165) is 5.96 Å². The molecule has 1 heterocycles. The number of nitrogens with zero attached hydrogens (tertiary/aromatic N) is 3. The van der Waals surface area contributed by atoms with Crippen molar-refractivity contribution in [3.63, 3.8) is 0 Å². The molecule has 0 aromatic carbocycles. The van der Waals surface area contributed by atoms with Crippen molar-refractivity contribution in [2.75, 3.05) is 14.1 Å². The number of hydrogen-bond donors (Lipinski definition) is 2. The summed E-state index contributed by atoms with van der Waals surface area (Å²) < 4.78 is 0. The van der Waals surface area contributed by atoms with Gasteiger partial charge in [-0.25, -0.2) is 4.99 Å². The van der Waals surface area contributed by atoms with Crippen LogP contribution >= 0.6 is 0 Å². The maximum Gasteiger partial charge on any atom is 0.202 e. The first-order chi connectivity index (χ1) is 5.46. The molecule has 0 spiro atoms. The third-order valence-electron chi connectivity index (χ3n) is 1.68. The molecule has 0 saturated heterocycles. The van der Waals surface area contributed by atoms with Crippen LogP contribution in [0.3, 0.4) is 0 Å². The molecule has 0 saturated carbocycles. The van der Waals surface area contributed by atoms with E-state index < -0.39 is 0 Å². The van der Waals surface area contributed by atoms with Gasteiger partial charge in [0, 0.05) is 14.1 Å². The molecule has 0 atom stereocenters. The summed E-state index contributed by atoms with van der Waals surface area (Å²) in [6.07, 6.45) is 0. The van der Waals surface area contributed by atoms with Gasteiger partial charge in [-0.3, -0.25) is 9.89 Å². The molecule has 0 unspecified atom stereocenters. The minimum atomic E-state index is -0.356. The van der Waals surface area contributed by atoms with Crippen molar-refractivity contribution in [1.82, 2.24) is 10.2 Å². The summed E-state index contributed by atoms with van der Waals surface area (Å²) in [6.45, 7) is 3.88. The van der Waals surface area contributed by atoms with E-state index in [1.54, 1.807) is 11.9 Å². The Hall–Kier alpha value is -1.26. The number of aliphatic imine (C=N–C) groups is 2. The molecular weight excluding hydrogens is 154 g/mol. The summed E-state index contributed by atoms with van der Waals surface area (Å²) >= 11 is 0. The third kappa shape index (κ3) is 1.49. The quantitative estimate of drug-likeness (QED) is 0.516. The van der Waals surface area contributed by atoms with Crippen LogP contribution in [0, 0.1) is 0 Å². The van der Waals surface area contributed by atoms with Crippen LogP contribution in [0.4, 0.5) is 0 Å². The molecule has 12 heavy (non-hydrogen) atoms. The summed E-state index contributed by atoms with van der Waals surface area (Å²) in [6, 6.07) is 0. The highest BCUT2D eigenvalue weighted by Gasteiger charge is 2.26. The number of hydrogen-bond acceptors (Lipinski definition) is 3. The number of nitrogens with two attached hydrogens (primary N) is 1. The molecule has 0 aromatic rings. The first-order valence-corrected chi connectivity index (χ1v) is 3.80. The van der Waals surface area contributed by atoms with E-state index in [9.17, 15) is 0 Å². The Morgan fingerprint density at radius 3 is 2.67 bits per heavy atom. The minimum Gasteiger partial charge on any atom is -0.369 e. The van der Waals surface area contributed by atoms with E-state index in [4.69, 9.17) is 5.73 Å². The number of guanidine groups is 2. The fourth-order valence-corrected chi connectivity index (χ4v) is 1.06. The Balaban J connectivity index is 3.00. The molecule has 68 valence electrons. The molecule has 0 bridgehead atoms. The van der Waals surface area contributed by atoms with E-state index in [1.165, 1.54) is 0 Å². The van der Waals surface area contributed by atoms with Gasteiger partial charge >= 0.3 is 0 Å². The van der Waals surface area contributed by atoms with E-state index >= 15 is 0 Å². The van der Waals surface area contributed by atoms with Crippen LogP contribution in [0.1, 0.15) is 13.8 Å². The van der Waals surface area contributed by atoms with Crippen LogP contribution in [-0.4, -0.2) is 36.6 Å². The first-order valence-electron chi connectivity index (χ1n) is 3.80. The predicted molar refractivity (Wildman–Crippen MR) is 50.0 cm³/mol. The Bertz CT molecular complexity index is 240. The maximum absolute atomic E-state index is 5.67. The second-order valence-corrected chi connectivity index (χ2v) is 3.26. The third-order valence-corrected chi connectivity index (χ3v) is 1.68. The fourth-order valence-electron chi connectivity index (χ4n) is 1.06. The van der Waals surface area contributed by atoms with E-state index in [-0.39, 0.29) is 5.66 Å². The largest absolute Gasteiger partial charge is 0.369 e. The van der Waals surface area contributed by atoms with Gasteiger partial charge in [0.1, 0.15) is 5.66 Å². The van der Waals surface area contributed by atoms with Crippen molar-refractivity contribution in [3.05, 3.63) is 0 Å². The predicted octanol–water partition coefficient (Wildman–Crippen LogP) is -0.442. The van der Waals surface area contributed by atoms with Crippen molar-refractivity contribution in [1.29, 1.82) is 0 Å². The second-order valence-electron chi connectivity index (χ2n) is 3.26. The molecule has 3 N–H and O–H groups in total. The van der Waals surface area contributed by atoms with Crippen LogP contribution in [0.2, 0.25) is 0 Å². The lowest BCUT2D eigenvalue weighted by molar-refractivity contribution is 0.431. The summed E-state index contributed by atoms with van der Waals surface area (Å²) in [5.74, 6) is 1.23. The molecule has 0 radical (unpaired) electrons. The van der Waals surface area contributed by atoms with Crippen molar-refractivity contribution in [3.8, 4) is 0 Å². The zero-order chi connectivity index (χ0) is 9.35. The summed E-state index contributed by atoms with van der Waals surface area (Å²) in [5.41, 5.74) is 5.32. The zero-order valence-electron chi connectivity index (χ0n) is 7.92. The van der Waals surface area contributed by atoms with Crippen molar-refractivity contribution in [2.24, 2.45) is 15.7 Å². The topological polar surface area (TPSA) is 66.0 Å². The van der Waals surface area contributed by atoms with Gasteiger partial charge in [0.25, 0.3) is 0 Å². The Morgan fingerprint density at radius 1 is 1.58 bits per heavy atom. The van der Waals surface area contributed by atoms with Crippen molar-refractivity contribution in [2.45, 2.75) is 19.5 Å². The lowest BCUT2D eigenvalue weighted by atomic mass is 10.2. The summed E-state index contributed by atoms with van der Waals surface area (Å²) in [4.78, 5) is 9.98. The molecule has 0 amide bonds. The highest BCUT2D eigenvalue weighted by atomic mass is 15.4. The van der Waals surface area contributed by atoms with Gasteiger partial charge in [-0.05, 0) is 13.8 Å². The molecule has 1 aliphatic heterocycles. The Kier molecular flexibility index (Phi) is 1.95.